The second kappa shape index (κ2) is 7.09. The second-order valence-corrected chi connectivity index (χ2v) is 6.57. The van der Waals surface area contributed by atoms with Crippen LogP contribution in [0.1, 0.15) is 32.8 Å². The van der Waals surface area contributed by atoms with Crippen molar-refractivity contribution >= 4 is 6.09 Å². The van der Waals surface area contributed by atoms with E-state index in [1.807, 2.05) is 30.3 Å². The summed E-state index contributed by atoms with van der Waals surface area (Å²) < 4.78 is 25.1. The Morgan fingerprint density at radius 1 is 1.32 bits per heavy atom. The van der Waals surface area contributed by atoms with Gasteiger partial charge in [0.05, 0.1) is 19.3 Å². The molecule has 0 aromatic heterocycles. The number of benzene rings is 1. The molecule has 0 spiro atoms. The molecule has 1 aromatic rings. The largest absolute Gasteiger partial charge is 0.444 e. The topological polar surface area (TPSA) is 38.8 Å². The molecule has 0 radical (unpaired) electrons. The molecule has 2 rings (SSSR count). The Bertz CT molecular complexity index is 486. The summed E-state index contributed by atoms with van der Waals surface area (Å²) in [7, 11) is 0. The highest BCUT2D eigenvalue weighted by atomic mass is 19.1. The first kappa shape index (κ1) is 16.7. The van der Waals surface area contributed by atoms with E-state index in [1.165, 1.54) is 4.90 Å². The maximum absolute atomic E-state index is 14.2. The van der Waals surface area contributed by atoms with Gasteiger partial charge < -0.3 is 14.4 Å². The van der Waals surface area contributed by atoms with Crippen molar-refractivity contribution in [1.82, 2.24) is 4.90 Å². The van der Waals surface area contributed by atoms with Crippen molar-refractivity contribution in [3.63, 3.8) is 0 Å². The SMILES string of the molecule is CC(C)(C)OC(=O)N1CCC(OCc2ccccc2)C(F)C1. The van der Waals surface area contributed by atoms with E-state index in [-0.39, 0.29) is 6.54 Å². The highest BCUT2D eigenvalue weighted by molar-refractivity contribution is 5.68. The molecule has 1 aliphatic heterocycles. The minimum atomic E-state index is -1.19. The number of hydrogen-bond donors (Lipinski definition) is 0. The lowest BCUT2D eigenvalue weighted by Gasteiger charge is -2.35. The molecule has 1 aliphatic rings. The van der Waals surface area contributed by atoms with Crippen molar-refractivity contribution < 1.29 is 18.7 Å². The molecular weight excluding hydrogens is 285 g/mol. The summed E-state index contributed by atoms with van der Waals surface area (Å²) in [5, 5.41) is 0. The van der Waals surface area contributed by atoms with Crippen LogP contribution in [0.4, 0.5) is 9.18 Å². The Kier molecular flexibility index (Phi) is 5.40. The van der Waals surface area contributed by atoms with Gasteiger partial charge in [0.1, 0.15) is 11.8 Å². The Morgan fingerprint density at radius 2 is 2.00 bits per heavy atom. The zero-order valence-electron chi connectivity index (χ0n) is 13.4. The van der Waals surface area contributed by atoms with Gasteiger partial charge in [-0.3, -0.25) is 0 Å². The fourth-order valence-electron chi connectivity index (χ4n) is 2.34. The van der Waals surface area contributed by atoms with Gasteiger partial charge in [0.15, 0.2) is 0 Å². The molecule has 2 unspecified atom stereocenters. The van der Waals surface area contributed by atoms with Crippen molar-refractivity contribution in [2.75, 3.05) is 13.1 Å². The molecular formula is C17H24FNO3. The summed E-state index contributed by atoms with van der Waals surface area (Å²) in [5.74, 6) is 0. The fraction of sp³-hybridized carbons (Fsp3) is 0.588. The summed E-state index contributed by atoms with van der Waals surface area (Å²) >= 11 is 0. The van der Waals surface area contributed by atoms with Crippen LogP contribution in [0.5, 0.6) is 0 Å². The van der Waals surface area contributed by atoms with Crippen LogP contribution in [0.3, 0.4) is 0 Å². The monoisotopic (exact) mass is 309 g/mol. The van der Waals surface area contributed by atoms with Gasteiger partial charge in [-0.15, -0.1) is 0 Å². The lowest BCUT2D eigenvalue weighted by atomic mass is 10.1. The molecule has 122 valence electrons. The lowest BCUT2D eigenvalue weighted by molar-refractivity contribution is -0.0580. The van der Waals surface area contributed by atoms with Crippen LogP contribution >= 0.6 is 0 Å². The number of hydrogen-bond acceptors (Lipinski definition) is 3. The Hall–Kier alpha value is -1.62. The Balaban J connectivity index is 1.81. The van der Waals surface area contributed by atoms with Gasteiger partial charge >= 0.3 is 6.09 Å². The second-order valence-electron chi connectivity index (χ2n) is 6.57. The maximum atomic E-state index is 14.2. The van der Waals surface area contributed by atoms with E-state index in [2.05, 4.69) is 0 Å². The van der Waals surface area contributed by atoms with Crippen LogP contribution in [0.15, 0.2) is 30.3 Å². The van der Waals surface area contributed by atoms with Crippen molar-refractivity contribution in [2.24, 2.45) is 0 Å². The minimum Gasteiger partial charge on any atom is -0.444 e. The van der Waals surface area contributed by atoms with Crippen LogP contribution in [0, 0.1) is 0 Å². The zero-order valence-corrected chi connectivity index (χ0v) is 13.4. The first-order chi connectivity index (χ1) is 10.3. The Labute approximate surface area is 131 Å². The molecule has 22 heavy (non-hydrogen) atoms. The summed E-state index contributed by atoms with van der Waals surface area (Å²) in [4.78, 5) is 13.4. The fourth-order valence-corrected chi connectivity index (χ4v) is 2.34. The number of rotatable bonds is 3. The molecule has 1 fully saturated rings. The van der Waals surface area contributed by atoms with E-state index in [0.29, 0.717) is 19.6 Å². The summed E-state index contributed by atoms with van der Waals surface area (Å²) in [5.41, 5.74) is 0.452. The number of halogens is 1. The first-order valence-corrected chi connectivity index (χ1v) is 7.63. The molecule has 1 heterocycles. The highest BCUT2D eigenvalue weighted by Gasteiger charge is 2.34. The lowest BCUT2D eigenvalue weighted by Crippen LogP contribution is -2.49. The predicted octanol–water partition coefficient (Wildman–Crippen LogP) is 3.55. The van der Waals surface area contributed by atoms with Gasteiger partial charge in [0.2, 0.25) is 0 Å². The third-order valence-corrected chi connectivity index (χ3v) is 3.44. The van der Waals surface area contributed by atoms with Crippen molar-refractivity contribution in [3.8, 4) is 0 Å². The van der Waals surface area contributed by atoms with E-state index in [4.69, 9.17) is 9.47 Å². The normalized spacial score (nSPS) is 22.5. The third-order valence-electron chi connectivity index (χ3n) is 3.44. The number of nitrogens with zero attached hydrogens (tertiary/aromatic N) is 1. The molecule has 1 aromatic carbocycles. The predicted molar refractivity (Wildman–Crippen MR) is 82.3 cm³/mol. The molecule has 0 bridgehead atoms. The number of amides is 1. The van der Waals surface area contributed by atoms with Crippen LogP contribution in [0.25, 0.3) is 0 Å². The van der Waals surface area contributed by atoms with Crippen LogP contribution in [-0.4, -0.2) is 42.0 Å². The molecule has 4 nitrogen and oxygen atoms in total. The number of carbonyl (C=O) groups is 1. The standard InChI is InChI=1S/C17H24FNO3/c1-17(2,3)22-16(20)19-10-9-15(14(18)11-19)21-12-13-7-5-4-6-8-13/h4-8,14-15H,9-12H2,1-3H3. The summed E-state index contributed by atoms with van der Waals surface area (Å²) in [6, 6.07) is 9.68. The summed E-state index contributed by atoms with van der Waals surface area (Å²) in [6.07, 6.45) is -1.65. The van der Waals surface area contributed by atoms with E-state index < -0.39 is 24.0 Å². The van der Waals surface area contributed by atoms with Crippen molar-refractivity contribution in [3.05, 3.63) is 35.9 Å². The number of likely N-dealkylation sites (tertiary alicyclic amines) is 1. The van der Waals surface area contributed by atoms with E-state index in [1.54, 1.807) is 20.8 Å². The maximum Gasteiger partial charge on any atom is 0.410 e. The van der Waals surface area contributed by atoms with Gasteiger partial charge in [-0.1, -0.05) is 30.3 Å². The van der Waals surface area contributed by atoms with Gasteiger partial charge in [-0.25, -0.2) is 9.18 Å². The van der Waals surface area contributed by atoms with E-state index in [0.717, 1.165) is 5.56 Å². The third kappa shape index (κ3) is 4.98. The van der Waals surface area contributed by atoms with Gasteiger partial charge in [0, 0.05) is 6.54 Å². The summed E-state index contributed by atoms with van der Waals surface area (Å²) in [6.45, 7) is 6.26. The van der Waals surface area contributed by atoms with Crippen LogP contribution < -0.4 is 0 Å². The van der Waals surface area contributed by atoms with E-state index >= 15 is 0 Å². The number of piperidine rings is 1. The van der Waals surface area contributed by atoms with E-state index in [9.17, 15) is 9.18 Å². The highest BCUT2D eigenvalue weighted by Crippen LogP contribution is 2.21. The molecule has 0 aliphatic carbocycles. The Morgan fingerprint density at radius 3 is 2.59 bits per heavy atom. The van der Waals surface area contributed by atoms with Gasteiger partial charge in [0.25, 0.3) is 0 Å². The zero-order chi connectivity index (χ0) is 16.2. The molecule has 1 amide bonds. The molecule has 2 atom stereocenters. The number of ether oxygens (including phenoxy) is 2. The van der Waals surface area contributed by atoms with Crippen LogP contribution in [0.2, 0.25) is 0 Å². The molecule has 0 saturated carbocycles. The van der Waals surface area contributed by atoms with Crippen LogP contribution in [-0.2, 0) is 16.1 Å². The smallest absolute Gasteiger partial charge is 0.410 e. The molecule has 0 N–H and O–H groups in total. The number of alkyl halides is 1. The molecule has 1 saturated heterocycles. The van der Waals surface area contributed by atoms with Crippen molar-refractivity contribution in [1.29, 1.82) is 0 Å². The number of carbonyl (C=O) groups excluding carboxylic acids is 1. The van der Waals surface area contributed by atoms with Gasteiger partial charge in [-0.05, 0) is 32.8 Å². The average molecular weight is 309 g/mol. The minimum absolute atomic E-state index is 0.0222. The first-order valence-electron chi connectivity index (χ1n) is 7.63. The average Bonchev–Trinajstić information content (AvgIpc) is 2.45. The van der Waals surface area contributed by atoms with Crippen molar-refractivity contribution in [2.45, 2.75) is 51.7 Å². The van der Waals surface area contributed by atoms with Gasteiger partial charge in [-0.2, -0.15) is 0 Å². The quantitative estimate of drug-likeness (QED) is 0.857. The molecule has 5 heteroatoms.